The average Bonchev–Trinajstić information content (AvgIpc) is 3.09. The highest BCUT2D eigenvalue weighted by Crippen LogP contribution is 2.24. The Morgan fingerprint density at radius 2 is 1.76 bits per heavy atom. The summed E-state index contributed by atoms with van der Waals surface area (Å²) >= 11 is 1.48. The molecule has 4 aromatic rings. The number of aryl methyl sites for hydroxylation is 1. The van der Waals surface area contributed by atoms with Crippen LogP contribution in [-0.4, -0.2) is 34.7 Å². The summed E-state index contributed by atoms with van der Waals surface area (Å²) in [6, 6.07) is 11.7. The van der Waals surface area contributed by atoms with E-state index >= 15 is 0 Å². The number of nitrogens with two attached hydrogens (primary N) is 1. The third-order valence-electron chi connectivity index (χ3n) is 4.11. The first-order valence-corrected chi connectivity index (χ1v) is 9.84. The summed E-state index contributed by atoms with van der Waals surface area (Å²) in [5, 5.41) is 12.4. The van der Waals surface area contributed by atoms with Crippen LogP contribution in [0, 0.1) is 6.92 Å². The first kappa shape index (κ1) is 18.8. The van der Waals surface area contributed by atoms with E-state index in [1.165, 1.54) is 17.3 Å². The number of benzene rings is 1. The van der Waals surface area contributed by atoms with Crippen LogP contribution in [0.5, 0.6) is 0 Å². The van der Waals surface area contributed by atoms with Crippen molar-refractivity contribution < 1.29 is 0 Å². The van der Waals surface area contributed by atoms with E-state index in [9.17, 15) is 0 Å². The van der Waals surface area contributed by atoms with E-state index in [4.69, 9.17) is 5.73 Å². The highest BCUT2D eigenvalue weighted by molar-refractivity contribution is 7.98. The molecule has 29 heavy (non-hydrogen) atoms. The predicted molar refractivity (Wildman–Crippen MR) is 112 cm³/mol. The summed E-state index contributed by atoms with van der Waals surface area (Å²) in [6.07, 6.45) is 3.46. The van der Waals surface area contributed by atoms with Crippen LogP contribution in [0.2, 0.25) is 0 Å². The molecular weight excluding hydrogens is 386 g/mol. The van der Waals surface area contributed by atoms with Gasteiger partial charge in [-0.1, -0.05) is 29.5 Å². The van der Waals surface area contributed by atoms with E-state index in [0.29, 0.717) is 17.5 Å². The minimum atomic E-state index is 0.167. The van der Waals surface area contributed by atoms with E-state index in [1.807, 2.05) is 54.9 Å². The third kappa shape index (κ3) is 4.49. The van der Waals surface area contributed by atoms with Gasteiger partial charge in [0.05, 0.1) is 5.75 Å². The maximum atomic E-state index is 5.87. The number of pyridine rings is 1. The molecule has 146 valence electrons. The second kappa shape index (κ2) is 8.23. The van der Waals surface area contributed by atoms with Gasteiger partial charge in [-0.15, -0.1) is 10.2 Å². The number of thioether (sulfide) groups is 1. The van der Waals surface area contributed by atoms with Crippen molar-refractivity contribution in [1.29, 1.82) is 0 Å². The first-order chi connectivity index (χ1) is 14.1. The molecule has 0 fully saturated rings. The number of rotatable bonds is 6. The van der Waals surface area contributed by atoms with Crippen LogP contribution in [0.3, 0.4) is 0 Å². The summed E-state index contributed by atoms with van der Waals surface area (Å²) in [7, 11) is 1.92. The number of nitrogen functional groups attached to an aromatic ring is 1. The summed E-state index contributed by atoms with van der Waals surface area (Å²) in [4.78, 5) is 16.9. The Kier molecular flexibility index (Phi) is 5.34. The Bertz CT molecular complexity index is 1110. The van der Waals surface area contributed by atoms with Gasteiger partial charge in [-0.3, -0.25) is 4.98 Å². The molecule has 0 aliphatic carbocycles. The van der Waals surface area contributed by atoms with Crippen LogP contribution in [0.1, 0.15) is 11.4 Å². The molecule has 3 heterocycles. The van der Waals surface area contributed by atoms with E-state index in [0.717, 1.165) is 22.2 Å². The van der Waals surface area contributed by atoms with Crippen LogP contribution >= 0.6 is 11.8 Å². The fraction of sp³-hybridized carbons (Fsp3) is 0.158. The van der Waals surface area contributed by atoms with Crippen molar-refractivity contribution >= 4 is 29.3 Å². The van der Waals surface area contributed by atoms with Crippen LogP contribution < -0.4 is 11.1 Å². The SMILES string of the molecule is Cc1ccc(Nc2nc(N)nc(CSc3nnc(-c4ccncc4)n3C)n2)cc1. The smallest absolute Gasteiger partial charge is 0.232 e. The molecule has 0 saturated carbocycles. The van der Waals surface area contributed by atoms with Crippen molar-refractivity contribution in [2.45, 2.75) is 17.8 Å². The molecule has 0 spiro atoms. The molecule has 9 nitrogen and oxygen atoms in total. The summed E-state index contributed by atoms with van der Waals surface area (Å²) in [5.74, 6) is 2.39. The lowest BCUT2D eigenvalue weighted by Crippen LogP contribution is -2.06. The highest BCUT2D eigenvalue weighted by Gasteiger charge is 2.13. The van der Waals surface area contributed by atoms with E-state index in [-0.39, 0.29) is 5.95 Å². The van der Waals surface area contributed by atoms with Gasteiger partial charge < -0.3 is 15.6 Å². The number of hydrogen-bond donors (Lipinski definition) is 2. The molecule has 0 bridgehead atoms. The van der Waals surface area contributed by atoms with Gasteiger partial charge in [0.1, 0.15) is 5.82 Å². The Hall–Kier alpha value is -3.53. The van der Waals surface area contributed by atoms with Crippen LogP contribution in [0.25, 0.3) is 11.4 Å². The third-order valence-corrected chi connectivity index (χ3v) is 5.13. The van der Waals surface area contributed by atoms with E-state index < -0.39 is 0 Å². The zero-order valence-electron chi connectivity index (χ0n) is 15.9. The van der Waals surface area contributed by atoms with Gasteiger partial charge in [-0.2, -0.15) is 15.0 Å². The number of nitrogens with one attached hydrogen (secondary N) is 1. The maximum absolute atomic E-state index is 5.87. The Morgan fingerprint density at radius 3 is 2.52 bits per heavy atom. The van der Waals surface area contributed by atoms with Crippen molar-refractivity contribution in [2.75, 3.05) is 11.1 Å². The van der Waals surface area contributed by atoms with Gasteiger partial charge in [0.15, 0.2) is 11.0 Å². The van der Waals surface area contributed by atoms with Gasteiger partial charge in [-0.05, 0) is 31.2 Å². The second-order valence-corrected chi connectivity index (χ2v) is 7.26. The highest BCUT2D eigenvalue weighted by atomic mass is 32.2. The lowest BCUT2D eigenvalue weighted by Gasteiger charge is -2.08. The molecule has 0 aliphatic rings. The quantitative estimate of drug-likeness (QED) is 0.466. The fourth-order valence-electron chi connectivity index (χ4n) is 2.65. The molecule has 3 aromatic heterocycles. The average molecular weight is 405 g/mol. The van der Waals surface area contributed by atoms with Crippen LogP contribution in [0.15, 0.2) is 53.9 Å². The molecule has 0 amide bonds. The van der Waals surface area contributed by atoms with Crippen LogP contribution in [-0.2, 0) is 12.8 Å². The normalized spacial score (nSPS) is 10.8. The number of hydrogen-bond acceptors (Lipinski definition) is 9. The Labute approximate surface area is 171 Å². The first-order valence-electron chi connectivity index (χ1n) is 8.85. The minimum absolute atomic E-state index is 0.167. The molecule has 10 heteroatoms. The monoisotopic (exact) mass is 405 g/mol. The van der Waals surface area contributed by atoms with Gasteiger partial charge in [0, 0.05) is 30.7 Å². The van der Waals surface area contributed by atoms with Gasteiger partial charge in [0.2, 0.25) is 11.9 Å². The fourth-order valence-corrected chi connectivity index (χ4v) is 3.41. The zero-order valence-corrected chi connectivity index (χ0v) is 16.8. The van der Waals surface area contributed by atoms with Gasteiger partial charge >= 0.3 is 0 Å². The standard InChI is InChI=1S/C19H19N9S/c1-12-3-5-14(6-4-12)22-18-24-15(23-17(20)25-18)11-29-19-27-26-16(28(19)2)13-7-9-21-10-8-13/h3-10H,11H2,1-2H3,(H3,20,22,23,24,25). The molecule has 0 unspecified atom stereocenters. The van der Waals surface area contributed by atoms with Crippen molar-refractivity contribution in [1.82, 2.24) is 34.7 Å². The van der Waals surface area contributed by atoms with Crippen molar-refractivity contribution in [3.05, 3.63) is 60.2 Å². The molecule has 0 radical (unpaired) electrons. The lowest BCUT2D eigenvalue weighted by atomic mass is 10.2. The molecule has 0 saturated heterocycles. The lowest BCUT2D eigenvalue weighted by molar-refractivity contribution is 0.792. The molecular formula is C19H19N9S. The van der Waals surface area contributed by atoms with Crippen LogP contribution in [0.4, 0.5) is 17.6 Å². The molecule has 0 aliphatic heterocycles. The van der Waals surface area contributed by atoms with E-state index in [2.05, 4.69) is 35.5 Å². The summed E-state index contributed by atoms with van der Waals surface area (Å²) in [5.41, 5.74) is 8.88. The van der Waals surface area contributed by atoms with Crippen molar-refractivity contribution in [3.63, 3.8) is 0 Å². The number of aromatic nitrogens is 7. The maximum Gasteiger partial charge on any atom is 0.232 e. The van der Waals surface area contributed by atoms with E-state index in [1.54, 1.807) is 12.4 Å². The van der Waals surface area contributed by atoms with Crippen molar-refractivity contribution in [2.24, 2.45) is 7.05 Å². The van der Waals surface area contributed by atoms with Gasteiger partial charge in [0.25, 0.3) is 0 Å². The van der Waals surface area contributed by atoms with Gasteiger partial charge in [-0.25, -0.2) is 0 Å². The topological polar surface area (TPSA) is 120 Å². The Morgan fingerprint density at radius 1 is 1.00 bits per heavy atom. The number of nitrogens with zero attached hydrogens (tertiary/aromatic N) is 7. The molecule has 4 rings (SSSR count). The predicted octanol–water partition coefficient (Wildman–Crippen LogP) is 2.99. The molecule has 3 N–H and O–H groups in total. The molecule has 0 atom stereocenters. The summed E-state index contributed by atoms with van der Waals surface area (Å²) in [6.45, 7) is 2.03. The van der Waals surface area contributed by atoms with Crippen molar-refractivity contribution in [3.8, 4) is 11.4 Å². The summed E-state index contributed by atoms with van der Waals surface area (Å²) < 4.78 is 1.93. The Balaban J connectivity index is 1.48. The second-order valence-electron chi connectivity index (χ2n) is 6.31. The number of anilines is 3. The minimum Gasteiger partial charge on any atom is -0.368 e. The largest absolute Gasteiger partial charge is 0.368 e. The zero-order chi connectivity index (χ0) is 20.2. The molecule has 1 aromatic carbocycles.